The molecule has 11 heteroatoms. The summed E-state index contributed by atoms with van der Waals surface area (Å²) >= 11 is 0. The van der Waals surface area contributed by atoms with Crippen LogP contribution in [-0.2, 0) is 14.2 Å². The van der Waals surface area contributed by atoms with E-state index < -0.39 is 74.6 Å². The second kappa shape index (κ2) is 8.29. The Hall–Kier alpha value is -0.440. The lowest BCUT2D eigenvalue weighted by Crippen LogP contribution is -2.66. The van der Waals surface area contributed by atoms with Crippen molar-refractivity contribution in [3.63, 3.8) is 0 Å². The molecule has 0 bridgehead atoms. The van der Waals surface area contributed by atoms with Crippen LogP contribution in [0.3, 0.4) is 0 Å². The van der Waals surface area contributed by atoms with Crippen molar-refractivity contribution in [3.05, 3.63) is 0 Å². The van der Waals surface area contributed by atoms with Gasteiger partial charge in [0.05, 0.1) is 13.2 Å². The fourth-order valence-corrected chi connectivity index (χ4v) is 2.83. The number of likely N-dealkylation sites (N-methyl/N-ethyl adjacent to an activating group) is 1. The minimum Gasteiger partial charge on any atom is -0.394 e. The van der Waals surface area contributed by atoms with E-state index in [1.807, 2.05) is 0 Å². The lowest BCUT2D eigenvalue weighted by molar-refractivity contribution is -0.343. The molecule has 11 nitrogen and oxygen atoms in total. The molecule has 2 aliphatic rings. The lowest BCUT2D eigenvalue weighted by Gasteiger charge is -2.46. The van der Waals surface area contributed by atoms with Crippen LogP contribution in [0.4, 0.5) is 0 Å². The average molecular weight is 355 g/mol. The molecule has 8 N–H and O–H groups in total. The Morgan fingerprint density at radius 2 is 1.42 bits per heavy atom. The molecule has 2 fully saturated rings. The zero-order chi connectivity index (χ0) is 18.0. The largest absolute Gasteiger partial charge is 0.394 e. The van der Waals surface area contributed by atoms with Gasteiger partial charge >= 0.3 is 0 Å². The van der Waals surface area contributed by atoms with Crippen molar-refractivity contribution in [2.75, 3.05) is 20.3 Å². The predicted molar refractivity (Wildman–Crippen MR) is 75.5 cm³/mol. The van der Waals surface area contributed by atoms with Crippen molar-refractivity contribution in [1.82, 2.24) is 5.32 Å². The van der Waals surface area contributed by atoms with Crippen molar-refractivity contribution in [3.8, 4) is 0 Å². The highest BCUT2D eigenvalue weighted by Gasteiger charge is 2.50. The molecule has 2 rings (SSSR count). The van der Waals surface area contributed by atoms with Gasteiger partial charge in [-0.05, 0) is 7.05 Å². The number of ether oxygens (including phenoxy) is 3. The third kappa shape index (κ3) is 3.71. The van der Waals surface area contributed by atoms with E-state index in [9.17, 15) is 30.6 Å². The van der Waals surface area contributed by atoms with Gasteiger partial charge in [-0.25, -0.2) is 0 Å². The predicted octanol–water partition coefficient (Wildman–Crippen LogP) is -5.17. The second-order valence-electron chi connectivity index (χ2n) is 5.85. The Kier molecular flexibility index (Phi) is 6.87. The molecule has 0 aromatic rings. The molecule has 0 spiro atoms. The first-order valence-corrected chi connectivity index (χ1v) is 7.61. The Balaban J connectivity index is 2.12. The summed E-state index contributed by atoms with van der Waals surface area (Å²) in [5.41, 5.74) is 0. The van der Waals surface area contributed by atoms with Crippen LogP contribution < -0.4 is 5.32 Å². The van der Waals surface area contributed by atoms with Gasteiger partial charge in [0, 0.05) is 0 Å². The zero-order valence-corrected chi connectivity index (χ0v) is 13.0. The standard InChI is InChI=1S/C13H25NO10/c1-14-12-9(20)8(19)11(5(3-16)22-12)24-13-10(21)7(18)6(17)4(2-15)23-13/h4-21H,2-3H2,1H3/t4?,5?,6?,7?,8-,9?,10?,11?,12?,13?/m1/s1. The topological polar surface area (TPSA) is 181 Å². The minimum absolute atomic E-state index is 0.552. The summed E-state index contributed by atoms with van der Waals surface area (Å²) in [6.07, 6.45) is -13.7. The summed E-state index contributed by atoms with van der Waals surface area (Å²) in [4.78, 5) is 0. The maximum atomic E-state index is 10.2. The van der Waals surface area contributed by atoms with Crippen molar-refractivity contribution >= 4 is 0 Å². The monoisotopic (exact) mass is 355 g/mol. The molecular weight excluding hydrogens is 330 g/mol. The highest BCUT2D eigenvalue weighted by Crippen LogP contribution is 2.28. The van der Waals surface area contributed by atoms with E-state index in [0.29, 0.717) is 0 Å². The highest BCUT2D eigenvalue weighted by atomic mass is 16.7. The maximum Gasteiger partial charge on any atom is 0.187 e. The molecule has 0 saturated carbocycles. The molecule has 24 heavy (non-hydrogen) atoms. The van der Waals surface area contributed by atoms with Crippen LogP contribution in [0.25, 0.3) is 0 Å². The first-order chi connectivity index (χ1) is 11.3. The van der Waals surface area contributed by atoms with Crippen LogP contribution in [0.5, 0.6) is 0 Å². The molecular formula is C13H25NO10. The molecule has 0 aromatic heterocycles. The average Bonchev–Trinajstić information content (AvgIpc) is 2.59. The van der Waals surface area contributed by atoms with Gasteiger partial charge in [0.2, 0.25) is 0 Å². The molecule has 2 aliphatic heterocycles. The van der Waals surface area contributed by atoms with E-state index in [1.54, 1.807) is 0 Å². The third-order valence-electron chi connectivity index (χ3n) is 4.29. The first kappa shape index (κ1) is 19.9. The number of rotatable bonds is 5. The van der Waals surface area contributed by atoms with E-state index in [-0.39, 0.29) is 0 Å². The first-order valence-electron chi connectivity index (χ1n) is 7.61. The molecule has 9 unspecified atom stereocenters. The van der Waals surface area contributed by atoms with Gasteiger partial charge in [0.25, 0.3) is 0 Å². The minimum atomic E-state index is -1.67. The van der Waals surface area contributed by atoms with Crippen LogP contribution in [0.15, 0.2) is 0 Å². The SMILES string of the molecule is CNC1OC(CO)C(OC2OC(CO)C(O)C(O)C2O)[C@H](O)C1O. The van der Waals surface area contributed by atoms with Crippen LogP contribution >= 0.6 is 0 Å². The summed E-state index contributed by atoms with van der Waals surface area (Å²) < 4.78 is 15.9. The Morgan fingerprint density at radius 3 is 1.96 bits per heavy atom. The highest BCUT2D eigenvalue weighted by molar-refractivity contribution is 4.94. The lowest BCUT2D eigenvalue weighted by atomic mass is 9.96. The summed E-state index contributed by atoms with van der Waals surface area (Å²) in [5.74, 6) is 0. The van der Waals surface area contributed by atoms with Crippen molar-refractivity contribution in [2.24, 2.45) is 0 Å². The number of aliphatic hydroxyl groups is 7. The van der Waals surface area contributed by atoms with Gasteiger partial charge in [-0.15, -0.1) is 0 Å². The van der Waals surface area contributed by atoms with E-state index in [1.165, 1.54) is 7.05 Å². The molecule has 0 aromatic carbocycles. The van der Waals surface area contributed by atoms with E-state index >= 15 is 0 Å². The van der Waals surface area contributed by atoms with Crippen molar-refractivity contribution in [2.45, 2.75) is 61.3 Å². The van der Waals surface area contributed by atoms with Gasteiger partial charge in [0.1, 0.15) is 55.1 Å². The van der Waals surface area contributed by atoms with E-state index in [2.05, 4.69) is 5.32 Å². The van der Waals surface area contributed by atoms with Crippen LogP contribution in [0.2, 0.25) is 0 Å². The molecule has 0 amide bonds. The normalized spacial score (nSPS) is 50.0. The van der Waals surface area contributed by atoms with Gasteiger partial charge in [0.15, 0.2) is 6.29 Å². The van der Waals surface area contributed by atoms with Crippen molar-refractivity contribution in [1.29, 1.82) is 0 Å². The van der Waals surface area contributed by atoms with Crippen LogP contribution in [0, 0.1) is 0 Å². The molecule has 2 heterocycles. The number of hydrogen-bond donors (Lipinski definition) is 8. The van der Waals surface area contributed by atoms with E-state index in [4.69, 9.17) is 19.3 Å². The van der Waals surface area contributed by atoms with Gasteiger partial charge < -0.3 is 50.0 Å². The molecule has 142 valence electrons. The summed E-state index contributed by atoms with van der Waals surface area (Å²) in [6.45, 7) is -1.19. The maximum absolute atomic E-state index is 10.2. The van der Waals surface area contributed by atoms with Gasteiger partial charge in [-0.3, -0.25) is 5.32 Å². The Morgan fingerprint density at radius 1 is 0.792 bits per heavy atom. The summed E-state index contributed by atoms with van der Waals surface area (Å²) in [6, 6.07) is 0. The summed E-state index contributed by atoms with van der Waals surface area (Å²) in [5, 5.41) is 70.8. The third-order valence-corrected chi connectivity index (χ3v) is 4.29. The van der Waals surface area contributed by atoms with Crippen molar-refractivity contribution < 1.29 is 50.0 Å². The quantitative estimate of drug-likeness (QED) is 0.236. The zero-order valence-electron chi connectivity index (χ0n) is 13.0. The molecule has 10 atom stereocenters. The van der Waals surface area contributed by atoms with E-state index in [0.717, 1.165) is 0 Å². The number of aliphatic hydroxyl groups excluding tert-OH is 7. The fourth-order valence-electron chi connectivity index (χ4n) is 2.83. The number of hydrogen-bond acceptors (Lipinski definition) is 11. The van der Waals surface area contributed by atoms with Crippen LogP contribution in [-0.4, -0.2) is 117 Å². The van der Waals surface area contributed by atoms with Gasteiger partial charge in [-0.2, -0.15) is 0 Å². The summed E-state index contributed by atoms with van der Waals surface area (Å²) in [7, 11) is 1.49. The Bertz CT molecular complexity index is 397. The number of nitrogens with one attached hydrogen (secondary N) is 1. The Labute approximate surface area is 138 Å². The smallest absolute Gasteiger partial charge is 0.187 e. The van der Waals surface area contributed by atoms with Crippen LogP contribution in [0.1, 0.15) is 0 Å². The van der Waals surface area contributed by atoms with Gasteiger partial charge in [-0.1, -0.05) is 0 Å². The second-order valence-corrected chi connectivity index (χ2v) is 5.85. The fraction of sp³-hybridized carbons (Fsp3) is 1.00. The molecule has 0 aliphatic carbocycles. The molecule has 2 saturated heterocycles. The molecule has 0 radical (unpaired) electrons.